The van der Waals surface area contributed by atoms with Gasteiger partial charge in [-0.2, -0.15) is 0 Å². The molecule has 3 rings (SSSR count). The second-order valence-corrected chi connectivity index (χ2v) is 7.19. The molecular formula is C20H26N6O2. The number of nitrogens with one attached hydrogen (secondary N) is 1. The largest absolute Gasteiger partial charge is 0.353 e. The van der Waals surface area contributed by atoms with Gasteiger partial charge in [-0.1, -0.05) is 6.07 Å². The molecule has 3 heterocycles. The number of carbonyl (C=O) groups is 2. The number of piperazine rings is 1. The molecule has 1 fully saturated rings. The Morgan fingerprint density at radius 3 is 2.32 bits per heavy atom. The van der Waals surface area contributed by atoms with Gasteiger partial charge in [0.25, 0.3) is 5.91 Å². The van der Waals surface area contributed by atoms with Gasteiger partial charge in [0.2, 0.25) is 0 Å². The summed E-state index contributed by atoms with van der Waals surface area (Å²) >= 11 is 0. The van der Waals surface area contributed by atoms with E-state index in [-0.39, 0.29) is 11.9 Å². The topological polar surface area (TPSA) is 81.7 Å². The lowest BCUT2D eigenvalue weighted by atomic mass is 10.2. The Morgan fingerprint density at radius 1 is 1.04 bits per heavy atom. The van der Waals surface area contributed by atoms with Crippen LogP contribution in [0.2, 0.25) is 0 Å². The van der Waals surface area contributed by atoms with E-state index in [1.807, 2.05) is 18.0 Å². The number of amides is 3. The minimum absolute atomic E-state index is 0.0498. The normalized spacial score (nSPS) is 14.0. The molecule has 0 spiro atoms. The summed E-state index contributed by atoms with van der Waals surface area (Å²) in [5.74, 6) is 1.35. The Labute approximate surface area is 165 Å². The van der Waals surface area contributed by atoms with Crippen LogP contribution < -0.4 is 10.2 Å². The van der Waals surface area contributed by atoms with Crippen LogP contribution in [0.5, 0.6) is 0 Å². The lowest BCUT2D eigenvalue weighted by Crippen LogP contribution is -2.49. The van der Waals surface area contributed by atoms with Crippen molar-refractivity contribution in [3.8, 4) is 0 Å². The minimum Gasteiger partial charge on any atom is -0.353 e. The molecule has 0 atom stereocenters. The van der Waals surface area contributed by atoms with E-state index in [2.05, 4.69) is 33.2 Å². The zero-order valence-corrected chi connectivity index (χ0v) is 16.8. The first-order valence-electron chi connectivity index (χ1n) is 9.27. The molecule has 0 unspecified atom stereocenters. The van der Waals surface area contributed by atoms with Crippen LogP contribution in [-0.4, -0.2) is 72.0 Å². The molecule has 1 saturated heterocycles. The number of hydrogen-bond donors (Lipinski definition) is 1. The fourth-order valence-corrected chi connectivity index (χ4v) is 3.16. The smallest absolute Gasteiger partial charge is 0.322 e. The van der Waals surface area contributed by atoms with Crippen molar-refractivity contribution in [2.75, 3.05) is 50.5 Å². The Balaban J connectivity index is 1.59. The van der Waals surface area contributed by atoms with Crippen molar-refractivity contribution < 1.29 is 9.59 Å². The van der Waals surface area contributed by atoms with E-state index in [0.29, 0.717) is 24.5 Å². The van der Waals surface area contributed by atoms with Crippen molar-refractivity contribution in [1.82, 2.24) is 19.8 Å². The highest BCUT2D eigenvalue weighted by Gasteiger charge is 2.24. The SMILES string of the molecule is Cc1cnc(N2CCN(C(=O)c3ccc(NC(=O)N(C)C)nc3)CC2)c(C)c1. The highest BCUT2D eigenvalue weighted by atomic mass is 16.2. The number of aryl methyl sites for hydroxylation is 2. The van der Waals surface area contributed by atoms with Crippen LogP contribution in [0.3, 0.4) is 0 Å². The third-order valence-electron chi connectivity index (χ3n) is 4.71. The average Bonchev–Trinajstić information content (AvgIpc) is 2.68. The Morgan fingerprint density at radius 2 is 1.75 bits per heavy atom. The van der Waals surface area contributed by atoms with Crippen molar-refractivity contribution in [3.05, 3.63) is 47.3 Å². The summed E-state index contributed by atoms with van der Waals surface area (Å²) in [6.07, 6.45) is 3.38. The number of urea groups is 1. The molecule has 2 aromatic heterocycles. The van der Waals surface area contributed by atoms with Crippen LogP contribution in [-0.2, 0) is 0 Å². The summed E-state index contributed by atoms with van der Waals surface area (Å²) in [7, 11) is 3.31. The molecule has 28 heavy (non-hydrogen) atoms. The summed E-state index contributed by atoms with van der Waals surface area (Å²) < 4.78 is 0. The number of carbonyl (C=O) groups excluding carboxylic acids is 2. The van der Waals surface area contributed by atoms with Crippen LogP contribution in [0, 0.1) is 13.8 Å². The fourth-order valence-electron chi connectivity index (χ4n) is 3.16. The van der Waals surface area contributed by atoms with E-state index < -0.39 is 0 Å². The molecule has 1 aliphatic rings. The van der Waals surface area contributed by atoms with Crippen LogP contribution in [0.1, 0.15) is 21.5 Å². The summed E-state index contributed by atoms with van der Waals surface area (Å²) in [6.45, 7) is 6.85. The molecule has 0 bridgehead atoms. The number of rotatable bonds is 3. The fraction of sp³-hybridized carbons (Fsp3) is 0.400. The molecule has 0 saturated carbocycles. The van der Waals surface area contributed by atoms with E-state index in [4.69, 9.17) is 0 Å². The lowest BCUT2D eigenvalue weighted by molar-refractivity contribution is 0.0746. The highest BCUT2D eigenvalue weighted by molar-refractivity contribution is 5.95. The van der Waals surface area contributed by atoms with Gasteiger partial charge < -0.3 is 14.7 Å². The second kappa shape index (κ2) is 8.24. The molecule has 0 aliphatic carbocycles. The van der Waals surface area contributed by atoms with E-state index in [0.717, 1.165) is 30.0 Å². The second-order valence-electron chi connectivity index (χ2n) is 7.19. The standard InChI is InChI=1S/C20H26N6O2/c1-14-11-15(2)18(22-12-14)25-7-9-26(10-8-25)19(27)16-5-6-17(21-13-16)23-20(28)24(3)4/h5-6,11-13H,7-10H2,1-4H3,(H,21,23,28). The summed E-state index contributed by atoms with van der Waals surface area (Å²) in [4.78, 5) is 38.6. The molecule has 3 amide bonds. The Kier molecular flexibility index (Phi) is 5.77. The van der Waals surface area contributed by atoms with Crippen molar-refractivity contribution in [2.24, 2.45) is 0 Å². The molecular weight excluding hydrogens is 356 g/mol. The lowest BCUT2D eigenvalue weighted by Gasteiger charge is -2.36. The van der Waals surface area contributed by atoms with Gasteiger partial charge in [-0.25, -0.2) is 14.8 Å². The predicted octanol–water partition coefficient (Wildman–Crippen LogP) is 2.15. The molecule has 8 nitrogen and oxygen atoms in total. The first-order chi connectivity index (χ1) is 13.3. The van der Waals surface area contributed by atoms with Gasteiger partial charge in [-0.05, 0) is 37.1 Å². The van der Waals surface area contributed by atoms with E-state index in [1.165, 1.54) is 11.1 Å². The van der Waals surface area contributed by atoms with Gasteiger partial charge in [0.1, 0.15) is 11.6 Å². The van der Waals surface area contributed by atoms with Crippen LogP contribution in [0.15, 0.2) is 30.6 Å². The van der Waals surface area contributed by atoms with Crippen LogP contribution in [0.4, 0.5) is 16.4 Å². The number of pyridine rings is 2. The molecule has 1 N–H and O–H groups in total. The van der Waals surface area contributed by atoms with Gasteiger partial charge in [-0.3, -0.25) is 10.1 Å². The zero-order chi connectivity index (χ0) is 20.3. The molecule has 148 valence electrons. The average molecular weight is 382 g/mol. The Hall–Kier alpha value is -3.16. The maximum absolute atomic E-state index is 12.8. The summed E-state index contributed by atoms with van der Waals surface area (Å²) in [5.41, 5.74) is 2.81. The van der Waals surface area contributed by atoms with Crippen LogP contribution in [0.25, 0.3) is 0 Å². The number of nitrogens with zero attached hydrogens (tertiary/aromatic N) is 5. The van der Waals surface area contributed by atoms with Gasteiger partial charge in [0, 0.05) is 52.7 Å². The van der Waals surface area contributed by atoms with Crippen LogP contribution >= 0.6 is 0 Å². The number of hydrogen-bond acceptors (Lipinski definition) is 5. The summed E-state index contributed by atoms with van der Waals surface area (Å²) in [5, 5.41) is 2.66. The third-order valence-corrected chi connectivity index (χ3v) is 4.71. The van der Waals surface area contributed by atoms with Crippen molar-refractivity contribution >= 4 is 23.6 Å². The number of anilines is 2. The summed E-state index contributed by atoms with van der Waals surface area (Å²) in [6, 6.07) is 5.20. The first kappa shape index (κ1) is 19.6. The monoisotopic (exact) mass is 382 g/mol. The molecule has 1 aliphatic heterocycles. The van der Waals surface area contributed by atoms with E-state index in [1.54, 1.807) is 26.2 Å². The third kappa shape index (κ3) is 4.39. The van der Waals surface area contributed by atoms with Crippen molar-refractivity contribution in [2.45, 2.75) is 13.8 Å². The number of aromatic nitrogens is 2. The maximum Gasteiger partial charge on any atom is 0.322 e. The van der Waals surface area contributed by atoms with Crippen molar-refractivity contribution in [1.29, 1.82) is 0 Å². The first-order valence-corrected chi connectivity index (χ1v) is 9.27. The molecule has 8 heteroatoms. The quantitative estimate of drug-likeness (QED) is 0.880. The van der Waals surface area contributed by atoms with E-state index >= 15 is 0 Å². The van der Waals surface area contributed by atoms with E-state index in [9.17, 15) is 9.59 Å². The molecule has 0 radical (unpaired) electrons. The Bertz CT molecular complexity index is 857. The predicted molar refractivity (Wildman–Crippen MR) is 109 cm³/mol. The van der Waals surface area contributed by atoms with Gasteiger partial charge in [0.05, 0.1) is 5.56 Å². The zero-order valence-electron chi connectivity index (χ0n) is 16.8. The van der Waals surface area contributed by atoms with Gasteiger partial charge >= 0.3 is 6.03 Å². The highest BCUT2D eigenvalue weighted by Crippen LogP contribution is 2.20. The van der Waals surface area contributed by atoms with Gasteiger partial charge in [0.15, 0.2) is 0 Å². The molecule has 0 aromatic carbocycles. The maximum atomic E-state index is 12.8. The van der Waals surface area contributed by atoms with Crippen molar-refractivity contribution in [3.63, 3.8) is 0 Å². The minimum atomic E-state index is -0.261. The molecule has 2 aromatic rings. The van der Waals surface area contributed by atoms with Gasteiger partial charge in [-0.15, -0.1) is 0 Å².